The number of rotatable bonds is 7. The summed E-state index contributed by atoms with van der Waals surface area (Å²) in [5, 5.41) is 3.40. The topological polar surface area (TPSA) is 34.4 Å². The van der Waals surface area contributed by atoms with E-state index < -0.39 is 0 Å². The summed E-state index contributed by atoms with van der Waals surface area (Å²) < 4.78 is 11.3. The highest BCUT2D eigenvalue weighted by atomic mass is 16.5. The highest BCUT2D eigenvalue weighted by Crippen LogP contribution is 2.18. The van der Waals surface area contributed by atoms with Gasteiger partial charge in [-0.25, -0.2) is 0 Å². The molecule has 3 heteroatoms. The molecule has 2 aromatic rings. The van der Waals surface area contributed by atoms with Gasteiger partial charge in [-0.3, -0.25) is 0 Å². The Morgan fingerprint density at radius 3 is 2.67 bits per heavy atom. The second kappa shape index (κ2) is 7.32. The third-order valence-corrected chi connectivity index (χ3v) is 3.45. The number of ether oxygens (including phenoxy) is 1. The normalized spacial score (nSPS) is 11.1. The molecule has 0 fully saturated rings. The third-order valence-electron chi connectivity index (χ3n) is 3.45. The van der Waals surface area contributed by atoms with Crippen LogP contribution in [0.5, 0.6) is 5.75 Å². The van der Waals surface area contributed by atoms with E-state index in [1.54, 1.807) is 6.26 Å². The van der Waals surface area contributed by atoms with E-state index in [2.05, 4.69) is 45.1 Å². The summed E-state index contributed by atoms with van der Waals surface area (Å²) >= 11 is 0. The average Bonchev–Trinajstić information content (AvgIpc) is 2.88. The van der Waals surface area contributed by atoms with E-state index in [1.807, 2.05) is 12.1 Å². The Morgan fingerprint density at radius 2 is 1.95 bits per heavy atom. The second-order valence-corrected chi connectivity index (χ2v) is 5.98. The highest BCUT2D eigenvalue weighted by molar-refractivity contribution is 5.33. The average molecular weight is 287 g/mol. The molecule has 0 aliphatic carbocycles. The van der Waals surface area contributed by atoms with Crippen LogP contribution in [0.2, 0.25) is 0 Å². The lowest BCUT2D eigenvalue weighted by atomic mass is 10.1. The van der Waals surface area contributed by atoms with Crippen molar-refractivity contribution in [3.8, 4) is 5.75 Å². The van der Waals surface area contributed by atoms with Crippen LogP contribution in [-0.2, 0) is 13.2 Å². The smallest absolute Gasteiger partial charge is 0.146 e. The second-order valence-electron chi connectivity index (χ2n) is 5.98. The van der Waals surface area contributed by atoms with E-state index in [-0.39, 0.29) is 0 Å². The van der Waals surface area contributed by atoms with Crippen molar-refractivity contribution in [1.29, 1.82) is 0 Å². The van der Waals surface area contributed by atoms with Crippen molar-refractivity contribution < 1.29 is 9.15 Å². The zero-order valence-electron chi connectivity index (χ0n) is 13.4. The maximum absolute atomic E-state index is 5.77. The molecule has 3 nitrogen and oxygen atoms in total. The fourth-order valence-corrected chi connectivity index (χ4v) is 2.06. The zero-order chi connectivity index (χ0) is 15.2. The van der Waals surface area contributed by atoms with Gasteiger partial charge < -0.3 is 14.5 Å². The van der Waals surface area contributed by atoms with Crippen molar-refractivity contribution in [2.75, 3.05) is 6.54 Å². The molecular formula is C18H25NO2. The minimum Gasteiger partial charge on any atom is -0.486 e. The van der Waals surface area contributed by atoms with Crippen LogP contribution in [-0.4, -0.2) is 6.54 Å². The number of benzene rings is 1. The van der Waals surface area contributed by atoms with E-state index in [4.69, 9.17) is 9.15 Å². The Labute approximate surface area is 127 Å². The van der Waals surface area contributed by atoms with Gasteiger partial charge in [0.15, 0.2) is 0 Å². The Balaban J connectivity index is 1.83. The van der Waals surface area contributed by atoms with Crippen LogP contribution < -0.4 is 10.1 Å². The van der Waals surface area contributed by atoms with E-state index >= 15 is 0 Å². The minimum atomic E-state index is 0.465. The van der Waals surface area contributed by atoms with Crippen LogP contribution in [0, 0.1) is 19.8 Å². The molecule has 1 N–H and O–H groups in total. The standard InChI is InChI=1S/C18H25NO2/c1-13(2)9-19-10-16-8-18(20-11-16)12-21-17-6-5-14(3)15(4)7-17/h5-8,11,13,19H,9-10,12H2,1-4H3. The Hall–Kier alpha value is -1.74. The predicted octanol–water partition coefficient (Wildman–Crippen LogP) is 4.22. The maximum atomic E-state index is 5.77. The summed E-state index contributed by atoms with van der Waals surface area (Å²) in [4.78, 5) is 0. The molecule has 0 radical (unpaired) electrons. The molecule has 1 heterocycles. The number of furan rings is 1. The van der Waals surface area contributed by atoms with E-state index in [0.717, 1.165) is 30.2 Å². The Bertz CT molecular complexity index is 572. The quantitative estimate of drug-likeness (QED) is 0.828. The van der Waals surface area contributed by atoms with Crippen molar-refractivity contribution in [2.24, 2.45) is 5.92 Å². The molecule has 0 bridgehead atoms. The Kier molecular flexibility index (Phi) is 5.45. The molecule has 0 spiro atoms. The van der Waals surface area contributed by atoms with E-state index in [0.29, 0.717) is 12.5 Å². The van der Waals surface area contributed by atoms with Gasteiger partial charge >= 0.3 is 0 Å². The molecule has 0 saturated heterocycles. The molecule has 0 unspecified atom stereocenters. The van der Waals surface area contributed by atoms with Gasteiger partial charge in [0.25, 0.3) is 0 Å². The van der Waals surface area contributed by atoms with Gasteiger partial charge in [-0.05, 0) is 55.6 Å². The number of hydrogen-bond donors (Lipinski definition) is 1. The van der Waals surface area contributed by atoms with E-state index in [1.165, 1.54) is 11.1 Å². The molecule has 0 aliphatic heterocycles. The maximum Gasteiger partial charge on any atom is 0.146 e. The molecule has 2 rings (SSSR count). The first-order valence-electron chi connectivity index (χ1n) is 7.51. The van der Waals surface area contributed by atoms with Crippen LogP contribution in [0.3, 0.4) is 0 Å². The SMILES string of the molecule is Cc1ccc(OCc2cc(CNCC(C)C)co2)cc1C. The molecule has 1 aromatic heterocycles. The molecule has 0 saturated carbocycles. The molecule has 1 aromatic carbocycles. The first-order valence-corrected chi connectivity index (χ1v) is 7.51. The summed E-state index contributed by atoms with van der Waals surface area (Å²) in [6.07, 6.45) is 1.80. The van der Waals surface area contributed by atoms with Gasteiger partial charge in [0.05, 0.1) is 6.26 Å². The fraction of sp³-hybridized carbons (Fsp3) is 0.444. The summed E-state index contributed by atoms with van der Waals surface area (Å²) in [5.41, 5.74) is 3.68. The summed E-state index contributed by atoms with van der Waals surface area (Å²) in [6.45, 7) is 10.9. The molecule has 114 valence electrons. The van der Waals surface area contributed by atoms with Crippen LogP contribution in [0.1, 0.15) is 36.3 Å². The highest BCUT2D eigenvalue weighted by Gasteiger charge is 2.04. The van der Waals surface area contributed by atoms with Gasteiger partial charge in [0, 0.05) is 12.1 Å². The van der Waals surface area contributed by atoms with Gasteiger partial charge in [0.1, 0.15) is 18.1 Å². The lowest BCUT2D eigenvalue weighted by Crippen LogP contribution is -2.18. The third kappa shape index (κ3) is 4.94. The van der Waals surface area contributed by atoms with Gasteiger partial charge in [-0.2, -0.15) is 0 Å². The molecule has 21 heavy (non-hydrogen) atoms. The molecule has 0 amide bonds. The van der Waals surface area contributed by atoms with Crippen LogP contribution in [0.4, 0.5) is 0 Å². The Morgan fingerprint density at radius 1 is 1.14 bits per heavy atom. The fourth-order valence-electron chi connectivity index (χ4n) is 2.06. The largest absolute Gasteiger partial charge is 0.486 e. The van der Waals surface area contributed by atoms with Gasteiger partial charge in [0.2, 0.25) is 0 Å². The first kappa shape index (κ1) is 15.6. The van der Waals surface area contributed by atoms with Crippen molar-refractivity contribution in [1.82, 2.24) is 5.32 Å². The van der Waals surface area contributed by atoms with Crippen LogP contribution in [0.25, 0.3) is 0 Å². The number of nitrogens with one attached hydrogen (secondary N) is 1. The van der Waals surface area contributed by atoms with Gasteiger partial charge in [-0.15, -0.1) is 0 Å². The monoisotopic (exact) mass is 287 g/mol. The zero-order valence-corrected chi connectivity index (χ0v) is 13.4. The van der Waals surface area contributed by atoms with Gasteiger partial charge in [-0.1, -0.05) is 19.9 Å². The number of hydrogen-bond acceptors (Lipinski definition) is 3. The van der Waals surface area contributed by atoms with E-state index in [9.17, 15) is 0 Å². The van der Waals surface area contributed by atoms with Crippen molar-refractivity contribution >= 4 is 0 Å². The first-order chi connectivity index (χ1) is 10.0. The van der Waals surface area contributed by atoms with Crippen LogP contribution in [0.15, 0.2) is 34.9 Å². The lowest BCUT2D eigenvalue weighted by Gasteiger charge is -2.06. The lowest BCUT2D eigenvalue weighted by molar-refractivity contribution is 0.270. The molecule has 0 aliphatic rings. The summed E-state index contributed by atoms with van der Waals surface area (Å²) in [5.74, 6) is 2.40. The summed E-state index contributed by atoms with van der Waals surface area (Å²) in [7, 11) is 0. The minimum absolute atomic E-state index is 0.465. The van der Waals surface area contributed by atoms with Crippen molar-refractivity contribution in [3.63, 3.8) is 0 Å². The van der Waals surface area contributed by atoms with Crippen molar-refractivity contribution in [3.05, 3.63) is 53.0 Å². The summed E-state index contributed by atoms with van der Waals surface area (Å²) in [6, 6.07) is 8.18. The number of aryl methyl sites for hydroxylation is 2. The van der Waals surface area contributed by atoms with Crippen molar-refractivity contribution in [2.45, 2.75) is 40.8 Å². The molecule has 0 atom stereocenters. The molecular weight excluding hydrogens is 262 g/mol. The predicted molar refractivity (Wildman–Crippen MR) is 85.5 cm³/mol. The van der Waals surface area contributed by atoms with Crippen LogP contribution >= 0.6 is 0 Å².